The minimum atomic E-state index is 0.0937. The van der Waals surface area contributed by atoms with Gasteiger partial charge in [0.25, 0.3) is 0 Å². The van der Waals surface area contributed by atoms with Crippen molar-refractivity contribution in [3.8, 4) is 0 Å². The molecule has 2 N–H and O–H groups in total. The molecule has 0 saturated heterocycles. The van der Waals surface area contributed by atoms with Crippen LogP contribution in [0.25, 0.3) is 0 Å². The molecule has 0 spiro atoms. The predicted octanol–water partition coefficient (Wildman–Crippen LogP) is 2.30. The molecule has 3 rings (SSSR count). The van der Waals surface area contributed by atoms with Gasteiger partial charge >= 0.3 is 0 Å². The van der Waals surface area contributed by atoms with Gasteiger partial charge in [-0.05, 0) is 42.5 Å². The number of carbonyl (C=O) groups is 1. The van der Waals surface area contributed by atoms with Gasteiger partial charge in [0.1, 0.15) is 0 Å². The summed E-state index contributed by atoms with van der Waals surface area (Å²) in [5, 5.41) is 0. The molecule has 0 amide bonds. The van der Waals surface area contributed by atoms with Crippen molar-refractivity contribution < 1.29 is 4.79 Å². The maximum absolute atomic E-state index is 12.1. The normalized spacial score (nSPS) is 24.3. The topological polar surface area (TPSA) is 46.3 Å². The van der Waals surface area contributed by atoms with Crippen LogP contribution >= 0.6 is 0 Å². The average molecular weight is 256 g/mol. The summed E-state index contributed by atoms with van der Waals surface area (Å²) in [4.78, 5) is 14.5. The quantitative estimate of drug-likeness (QED) is 0.619. The Morgan fingerprint density at radius 1 is 1.26 bits per heavy atom. The highest BCUT2D eigenvalue weighted by atomic mass is 16.1. The molecule has 100 valence electrons. The third-order valence-electron chi connectivity index (χ3n) is 4.28. The van der Waals surface area contributed by atoms with Gasteiger partial charge in [0, 0.05) is 25.2 Å². The number of hydrogen-bond donors (Lipinski definition) is 1. The van der Waals surface area contributed by atoms with Crippen LogP contribution in [0.1, 0.15) is 30.4 Å². The number of benzene rings is 1. The van der Waals surface area contributed by atoms with Gasteiger partial charge in [-0.15, -0.1) is 0 Å². The van der Waals surface area contributed by atoms with Crippen LogP contribution in [0.4, 0.5) is 5.69 Å². The molecule has 1 unspecified atom stereocenters. The van der Waals surface area contributed by atoms with E-state index in [0.717, 1.165) is 43.6 Å². The number of fused-ring (bicyclic) bond motifs is 1. The van der Waals surface area contributed by atoms with Crippen LogP contribution < -0.4 is 5.73 Å². The van der Waals surface area contributed by atoms with Crippen molar-refractivity contribution in [2.75, 3.05) is 12.3 Å². The summed E-state index contributed by atoms with van der Waals surface area (Å²) in [6.07, 6.45) is 3.48. The summed E-state index contributed by atoms with van der Waals surface area (Å²) in [6, 6.07) is 6.21. The van der Waals surface area contributed by atoms with E-state index in [4.69, 9.17) is 5.73 Å². The minimum Gasteiger partial charge on any atom is -0.399 e. The molecule has 19 heavy (non-hydrogen) atoms. The molecule has 3 nitrogen and oxygen atoms in total. The molecule has 1 aliphatic carbocycles. The van der Waals surface area contributed by atoms with E-state index in [9.17, 15) is 4.79 Å². The third-order valence-corrected chi connectivity index (χ3v) is 4.28. The van der Waals surface area contributed by atoms with Crippen LogP contribution in [-0.4, -0.2) is 23.3 Å². The molecular formula is C16H20N2O. The second-order valence-corrected chi connectivity index (χ2v) is 5.70. The summed E-state index contributed by atoms with van der Waals surface area (Å²) in [7, 11) is 0. The first-order valence-electron chi connectivity index (χ1n) is 6.94. The zero-order valence-corrected chi connectivity index (χ0v) is 11.2. The number of ketones is 1. The number of carbonyl (C=O) groups excluding carboxylic acids is 1. The van der Waals surface area contributed by atoms with Gasteiger partial charge in [-0.3, -0.25) is 9.69 Å². The van der Waals surface area contributed by atoms with Crippen molar-refractivity contribution in [2.24, 2.45) is 0 Å². The number of rotatable bonds is 1. The molecule has 1 aliphatic heterocycles. The fourth-order valence-corrected chi connectivity index (χ4v) is 3.20. The van der Waals surface area contributed by atoms with E-state index >= 15 is 0 Å². The molecular weight excluding hydrogens is 236 g/mol. The standard InChI is InChI=1S/C16H20N2O/c1-11-2-5-15(16(19)8-11)18-7-6-12-9-14(17)4-3-13(12)10-18/h3-4,9,15H,1-2,5-8,10,17H2. The summed E-state index contributed by atoms with van der Waals surface area (Å²) in [6.45, 7) is 5.77. The van der Waals surface area contributed by atoms with Gasteiger partial charge in [-0.1, -0.05) is 18.2 Å². The first-order chi connectivity index (χ1) is 9.13. The molecule has 1 aromatic carbocycles. The smallest absolute Gasteiger partial charge is 0.153 e. The second-order valence-electron chi connectivity index (χ2n) is 5.70. The lowest BCUT2D eigenvalue weighted by atomic mass is 9.88. The number of allylic oxidation sites excluding steroid dienone is 1. The van der Waals surface area contributed by atoms with E-state index in [0.29, 0.717) is 12.2 Å². The monoisotopic (exact) mass is 256 g/mol. The Labute approximate surface area is 114 Å². The molecule has 2 aliphatic rings. The molecule has 0 bridgehead atoms. The highest BCUT2D eigenvalue weighted by Crippen LogP contribution is 2.28. The van der Waals surface area contributed by atoms with Crippen molar-refractivity contribution in [1.29, 1.82) is 0 Å². The van der Waals surface area contributed by atoms with Crippen LogP contribution in [0.3, 0.4) is 0 Å². The van der Waals surface area contributed by atoms with E-state index < -0.39 is 0 Å². The summed E-state index contributed by atoms with van der Waals surface area (Å²) < 4.78 is 0. The van der Waals surface area contributed by atoms with Crippen molar-refractivity contribution in [3.05, 3.63) is 41.5 Å². The Kier molecular flexibility index (Phi) is 3.15. The van der Waals surface area contributed by atoms with Gasteiger partial charge in [0.05, 0.1) is 6.04 Å². The van der Waals surface area contributed by atoms with Crippen LogP contribution in [0.15, 0.2) is 30.4 Å². The minimum absolute atomic E-state index is 0.0937. The molecule has 3 heteroatoms. The molecule has 0 aromatic heterocycles. The number of anilines is 1. The molecule has 1 aromatic rings. The van der Waals surface area contributed by atoms with Gasteiger partial charge in [0.2, 0.25) is 0 Å². The molecule has 1 fully saturated rings. The van der Waals surface area contributed by atoms with E-state index in [1.54, 1.807) is 0 Å². The van der Waals surface area contributed by atoms with Crippen LogP contribution in [0.5, 0.6) is 0 Å². The number of Topliss-reactive ketones (excluding diaryl/α,β-unsaturated/α-hetero) is 1. The Morgan fingerprint density at radius 2 is 2.11 bits per heavy atom. The zero-order chi connectivity index (χ0) is 13.4. The van der Waals surface area contributed by atoms with Crippen molar-refractivity contribution >= 4 is 11.5 Å². The predicted molar refractivity (Wildman–Crippen MR) is 76.8 cm³/mol. The average Bonchev–Trinajstić information content (AvgIpc) is 2.38. The lowest BCUT2D eigenvalue weighted by molar-refractivity contribution is -0.125. The number of hydrogen-bond acceptors (Lipinski definition) is 3. The van der Waals surface area contributed by atoms with Crippen LogP contribution in [-0.2, 0) is 17.8 Å². The second kappa shape index (κ2) is 4.82. The molecule has 1 atom stereocenters. The van der Waals surface area contributed by atoms with Crippen molar-refractivity contribution in [2.45, 2.75) is 38.3 Å². The van der Waals surface area contributed by atoms with Gasteiger partial charge in [0.15, 0.2) is 5.78 Å². The van der Waals surface area contributed by atoms with E-state index in [1.807, 2.05) is 6.07 Å². The summed E-state index contributed by atoms with van der Waals surface area (Å²) >= 11 is 0. The molecule has 0 radical (unpaired) electrons. The summed E-state index contributed by atoms with van der Waals surface area (Å²) in [5.74, 6) is 0.343. The van der Waals surface area contributed by atoms with E-state index in [-0.39, 0.29) is 6.04 Å². The first-order valence-corrected chi connectivity index (χ1v) is 6.94. The van der Waals surface area contributed by atoms with Crippen molar-refractivity contribution in [3.63, 3.8) is 0 Å². The van der Waals surface area contributed by atoms with E-state index in [2.05, 4.69) is 23.6 Å². The Morgan fingerprint density at radius 3 is 2.89 bits per heavy atom. The molecule has 1 heterocycles. The number of nitrogens with two attached hydrogens (primary N) is 1. The maximum Gasteiger partial charge on any atom is 0.153 e. The first kappa shape index (κ1) is 12.4. The van der Waals surface area contributed by atoms with Gasteiger partial charge in [-0.2, -0.15) is 0 Å². The fourth-order valence-electron chi connectivity index (χ4n) is 3.20. The number of nitrogen functional groups attached to an aromatic ring is 1. The highest BCUT2D eigenvalue weighted by molar-refractivity contribution is 5.87. The lowest BCUT2D eigenvalue weighted by Gasteiger charge is -2.37. The van der Waals surface area contributed by atoms with Crippen LogP contribution in [0.2, 0.25) is 0 Å². The number of nitrogens with zero attached hydrogens (tertiary/aromatic N) is 1. The zero-order valence-electron chi connectivity index (χ0n) is 11.2. The lowest BCUT2D eigenvalue weighted by Crippen LogP contribution is -2.45. The maximum atomic E-state index is 12.1. The largest absolute Gasteiger partial charge is 0.399 e. The van der Waals surface area contributed by atoms with Crippen molar-refractivity contribution in [1.82, 2.24) is 4.90 Å². The van der Waals surface area contributed by atoms with Gasteiger partial charge in [-0.25, -0.2) is 0 Å². The van der Waals surface area contributed by atoms with Gasteiger partial charge < -0.3 is 5.73 Å². The SMILES string of the molecule is C=C1CCC(N2CCc3cc(N)ccc3C2)C(=O)C1. The summed E-state index contributed by atoms with van der Waals surface area (Å²) in [5.41, 5.74) is 10.4. The fraction of sp³-hybridized carbons (Fsp3) is 0.438. The Hall–Kier alpha value is -1.61. The van der Waals surface area contributed by atoms with E-state index in [1.165, 1.54) is 11.1 Å². The van der Waals surface area contributed by atoms with Crippen LogP contribution in [0, 0.1) is 0 Å². The third kappa shape index (κ3) is 2.43. The Balaban J connectivity index is 1.77. The molecule has 1 saturated carbocycles. The Bertz CT molecular complexity index is 536. The highest BCUT2D eigenvalue weighted by Gasteiger charge is 2.31.